The number of hydrogen-bond donors (Lipinski definition) is 1. The monoisotopic (exact) mass is 385 g/mol. The number of aliphatic hydroxyl groups is 1. The zero-order valence-electron chi connectivity index (χ0n) is 16.7. The largest absolute Gasteiger partial charge is 0.493 e. The molecule has 6 nitrogen and oxygen atoms in total. The van der Waals surface area contributed by atoms with Gasteiger partial charge in [-0.2, -0.15) is 0 Å². The molecule has 2 aromatic rings. The van der Waals surface area contributed by atoms with Crippen molar-refractivity contribution in [1.82, 2.24) is 14.5 Å². The molecule has 1 aromatic carbocycles. The van der Waals surface area contributed by atoms with Crippen LogP contribution >= 0.6 is 0 Å². The molecule has 0 bridgehead atoms. The summed E-state index contributed by atoms with van der Waals surface area (Å²) in [6.07, 6.45) is 9.95. The van der Waals surface area contributed by atoms with Gasteiger partial charge in [-0.1, -0.05) is 18.2 Å². The van der Waals surface area contributed by atoms with Gasteiger partial charge in [-0.15, -0.1) is 0 Å². The quantitative estimate of drug-likeness (QED) is 0.708. The Bertz CT molecular complexity index is 751. The second-order valence-electron chi connectivity index (χ2n) is 8.04. The normalized spacial score (nSPS) is 27.6. The van der Waals surface area contributed by atoms with Crippen molar-refractivity contribution in [2.75, 3.05) is 20.3 Å². The standard InChI is InChI=1S/C22H31N3O3/c1-27-22-8-7-19(26)15-21(22)25(12-9-22)16-18-5-2-3-6-20(18)28-14-4-11-24-13-10-23-17-24/h2-3,5-6,10,13,17,19,21,26H,4,7-9,11-12,14-16H2,1H3/t19?,21?,22-/m1/s1. The molecule has 2 fully saturated rings. The van der Waals surface area contributed by atoms with Crippen molar-refractivity contribution in [2.24, 2.45) is 0 Å². The molecule has 0 amide bonds. The van der Waals surface area contributed by atoms with E-state index >= 15 is 0 Å². The van der Waals surface area contributed by atoms with Crippen molar-refractivity contribution in [3.8, 4) is 5.75 Å². The summed E-state index contributed by atoms with van der Waals surface area (Å²) in [4.78, 5) is 6.54. The van der Waals surface area contributed by atoms with Gasteiger partial charge < -0.3 is 19.1 Å². The highest BCUT2D eigenvalue weighted by molar-refractivity contribution is 5.33. The number of nitrogens with zero attached hydrogens (tertiary/aromatic N) is 3. The van der Waals surface area contributed by atoms with Gasteiger partial charge in [0.25, 0.3) is 0 Å². The van der Waals surface area contributed by atoms with Crippen LogP contribution in [0.1, 0.15) is 37.7 Å². The molecular formula is C22H31N3O3. The summed E-state index contributed by atoms with van der Waals surface area (Å²) in [6, 6.07) is 8.58. The highest BCUT2D eigenvalue weighted by Crippen LogP contribution is 2.43. The number of para-hydroxylation sites is 1. The predicted molar refractivity (Wildman–Crippen MR) is 107 cm³/mol. The Kier molecular flexibility index (Phi) is 5.99. The topological polar surface area (TPSA) is 59.8 Å². The predicted octanol–water partition coefficient (Wildman–Crippen LogP) is 2.86. The summed E-state index contributed by atoms with van der Waals surface area (Å²) in [5.41, 5.74) is 1.11. The number of rotatable bonds is 8. The number of aromatic nitrogens is 2. The van der Waals surface area contributed by atoms with Crippen LogP contribution in [0.4, 0.5) is 0 Å². The number of ether oxygens (including phenoxy) is 2. The number of fused-ring (bicyclic) bond motifs is 1. The second-order valence-corrected chi connectivity index (χ2v) is 8.04. The maximum absolute atomic E-state index is 10.2. The lowest BCUT2D eigenvalue weighted by Gasteiger charge is -2.42. The molecule has 1 aromatic heterocycles. The Morgan fingerprint density at radius 3 is 3.00 bits per heavy atom. The summed E-state index contributed by atoms with van der Waals surface area (Å²) >= 11 is 0. The van der Waals surface area contributed by atoms with Crippen LogP contribution in [0.3, 0.4) is 0 Å². The molecule has 1 saturated heterocycles. The molecule has 1 N–H and O–H groups in total. The van der Waals surface area contributed by atoms with Crippen LogP contribution in [-0.4, -0.2) is 57.6 Å². The van der Waals surface area contributed by atoms with E-state index < -0.39 is 0 Å². The van der Waals surface area contributed by atoms with Crippen molar-refractivity contribution in [2.45, 2.75) is 62.9 Å². The lowest BCUT2D eigenvalue weighted by atomic mass is 9.79. The molecular weight excluding hydrogens is 354 g/mol. The maximum atomic E-state index is 10.2. The van der Waals surface area contributed by atoms with Gasteiger partial charge in [0.15, 0.2) is 0 Å². The van der Waals surface area contributed by atoms with E-state index in [4.69, 9.17) is 9.47 Å². The highest BCUT2D eigenvalue weighted by atomic mass is 16.5. The molecule has 1 aliphatic carbocycles. The Balaban J connectivity index is 1.38. The Morgan fingerprint density at radius 1 is 1.29 bits per heavy atom. The first-order chi connectivity index (χ1) is 13.7. The van der Waals surface area contributed by atoms with Gasteiger partial charge in [0.1, 0.15) is 5.75 Å². The molecule has 0 spiro atoms. The van der Waals surface area contributed by atoms with E-state index in [-0.39, 0.29) is 17.7 Å². The Morgan fingerprint density at radius 2 is 2.18 bits per heavy atom. The van der Waals surface area contributed by atoms with Gasteiger partial charge in [-0.3, -0.25) is 4.90 Å². The fraction of sp³-hybridized carbons (Fsp3) is 0.591. The van der Waals surface area contributed by atoms with Gasteiger partial charge >= 0.3 is 0 Å². The van der Waals surface area contributed by atoms with Crippen molar-refractivity contribution >= 4 is 0 Å². The van der Waals surface area contributed by atoms with Gasteiger partial charge in [-0.25, -0.2) is 4.98 Å². The van der Waals surface area contributed by atoms with Gasteiger partial charge in [0, 0.05) is 50.7 Å². The van der Waals surface area contributed by atoms with Crippen LogP contribution in [0, 0.1) is 0 Å². The average Bonchev–Trinajstić information content (AvgIpc) is 3.35. The Hall–Kier alpha value is -1.89. The van der Waals surface area contributed by atoms with E-state index in [1.165, 1.54) is 5.56 Å². The third kappa shape index (κ3) is 4.09. The smallest absolute Gasteiger partial charge is 0.123 e. The minimum atomic E-state index is -0.219. The molecule has 1 saturated carbocycles. The first-order valence-electron chi connectivity index (χ1n) is 10.3. The number of benzene rings is 1. The lowest BCUT2D eigenvalue weighted by Crippen LogP contribution is -2.51. The number of imidazole rings is 1. The number of methoxy groups -OCH3 is 1. The van der Waals surface area contributed by atoms with Gasteiger partial charge in [-0.05, 0) is 38.2 Å². The fourth-order valence-electron chi connectivity index (χ4n) is 4.80. The summed E-state index contributed by atoms with van der Waals surface area (Å²) in [5, 5.41) is 10.2. The maximum Gasteiger partial charge on any atom is 0.123 e. The number of hydrogen-bond acceptors (Lipinski definition) is 5. The van der Waals surface area contributed by atoms with Crippen molar-refractivity contribution in [1.29, 1.82) is 0 Å². The molecule has 6 heteroatoms. The zero-order valence-corrected chi connectivity index (χ0v) is 16.7. The van der Waals surface area contributed by atoms with Crippen LogP contribution < -0.4 is 4.74 Å². The van der Waals surface area contributed by atoms with E-state index in [1.807, 2.05) is 25.7 Å². The van der Waals surface area contributed by atoms with Gasteiger partial charge in [0.05, 0.1) is 24.6 Å². The highest BCUT2D eigenvalue weighted by Gasteiger charge is 2.50. The SMILES string of the molecule is CO[C@@]12CCC(O)CC1N(Cc1ccccc1OCCCn1ccnc1)CC2. The van der Waals surface area contributed by atoms with E-state index in [0.717, 1.165) is 57.5 Å². The van der Waals surface area contributed by atoms with Crippen LogP contribution in [-0.2, 0) is 17.8 Å². The van der Waals surface area contributed by atoms with Gasteiger partial charge in [0.2, 0.25) is 0 Å². The molecule has 2 heterocycles. The Labute approximate surface area is 167 Å². The molecule has 2 unspecified atom stereocenters. The molecule has 1 aliphatic heterocycles. The average molecular weight is 386 g/mol. The number of aryl methyl sites for hydroxylation is 1. The molecule has 28 heavy (non-hydrogen) atoms. The third-order valence-electron chi connectivity index (χ3n) is 6.40. The van der Waals surface area contributed by atoms with Crippen LogP contribution in [0.25, 0.3) is 0 Å². The van der Waals surface area contributed by atoms with E-state index in [2.05, 4.69) is 32.7 Å². The first kappa shape index (κ1) is 19.4. The van der Waals surface area contributed by atoms with Crippen molar-refractivity contribution in [3.05, 3.63) is 48.5 Å². The lowest BCUT2D eigenvalue weighted by molar-refractivity contribution is -0.0880. The molecule has 3 atom stereocenters. The van der Waals surface area contributed by atoms with Crippen LogP contribution in [0.2, 0.25) is 0 Å². The first-order valence-corrected chi connectivity index (χ1v) is 10.3. The van der Waals surface area contributed by atoms with E-state index in [1.54, 1.807) is 6.20 Å². The van der Waals surface area contributed by atoms with Crippen molar-refractivity contribution in [3.63, 3.8) is 0 Å². The van der Waals surface area contributed by atoms with E-state index in [9.17, 15) is 5.11 Å². The second kappa shape index (κ2) is 8.64. The number of likely N-dealkylation sites (tertiary alicyclic amines) is 1. The summed E-state index contributed by atoms with van der Waals surface area (Å²) in [6.45, 7) is 3.42. The minimum absolute atomic E-state index is 0.0974. The van der Waals surface area contributed by atoms with Crippen LogP contribution in [0.15, 0.2) is 43.0 Å². The fourth-order valence-corrected chi connectivity index (χ4v) is 4.80. The van der Waals surface area contributed by atoms with E-state index in [0.29, 0.717) is 6.61 Å². The number of aliphatic hydroxyl groups excluding tert-OH is 1. The molecule has 4 rings (SSSR count). The molecule has 152 valence electrons. The molecule has 0 radical (unpaired) electrons. The summed E-state index contributed by atoms with van der Waals surface area (Å²) in [5.74, 6) is 0.958. The zero-order chi connectivity index (χ0) is 19.4. The van der Waals surface area contributed by atoms with Crippen LogP contribution in [0.5, 0.6) is 5.75 Å². The third-order valence-corrected chi connectivity index (χ3v) is 6.40. The summed E-state index contributed by atoms with van der Waals surface area (Å²) in [7, 11) is 1.82. The molecule has 2 aliphatic rings. The van der Waals surface area contributed by atoms with Crippen molar-refractivity contribution < 1.29 is 14.6 Å². The summed E-state index contributed by atoms with van der Waals surface area (Å²) < 4.78 is 14.2. The minimum Gasteiger partial charge on any atom is -0.493 e.